The molecule has 0 amide bonds. The molecule has 6 heteroatoms. The predicted molar refractivity (Wildman–Crippen MR) is 80.6 cm³/mol. The summed E-state index contributed by atoms with van der Waals surface area (Å²) in [6, 6.07) is 0.358. The molecule has 2 aliphatic rings. The SMILES string of the molecule is COc1nccnc1N1CC[C@@]2(CO)CCCN(C)[C@@H]2C1. The zero-order chi connectivity index (χ0) is 14.9. The molecule has 0 bridgehead atoms. The number of likely N-dealkylation sites (tertiary alicyclic amines) is 1. The Balaban J connectivity index is 1.85. The third kappa shape index (κ3) is 2.46. The Morgan fingerprint density at radius 1 is 1.33 bits per heavy atom. The van der Waals surface area contributed by atoms with Gasteiger partial charge >= 0.3 is 0 Å². The molecule has 0 aliphatic carbocycles. The summed E-state index contributed by atoms with van der Waals surface area (Å²) in [6.07, 6.45) is 6.62. The van der Waals surface area contributed by atoms with E-state index in [0.717, 1.165) is 38.3 Å². The number of ether oxygens (including phenoxy) is 1. The fourth-order valence-electron chi connectivity index (χ4n) is 3.89. The predicted octanol–water partition coefficient (Wildman–Crippen LogP) is 0.768. The number of aliphatic hydroxyl groups excluding tert-OH is 1. The van der Waals surface area contributed by atoms with Crippen LogP contribution in [0.5, 0.6) is 5.88 Å². The van der Waals surface area contributed by atoms with E-state index in [0.29, 0.717) is 11.9 Å². The smallest absolute Gasteiger partial charge is 0.257 e. The Bertz CT molecular complexity index is 498. The number of piperidine rings is 2. The van der Waals surface area contributed by atoms with E-state index in [1.54, 1.807) is 19.5 Å². The van der Waals surface area contributed by atoms with Crippen LogP contribution in [0.3, 0.4) is 0 Å². The van der Waals surface area contributed by atoms with Crippen LogP contribution in [0.25, 0.3) is 0 Å². The number of likely N-dealkylation sites (N-methyl/N-ethyl adjacent to an activating group) is 1. The number of hydrogen-bond donors (Lipinski definition) is 1. The van der Waals surface area contributed by atoms with Crippen LogP contribution < -0.4 is 9.64 Å². The van der Waals surface area contributed by atoms with Crippen molar-refractivity contribution in [1.29, 1.82) is 0 Å². The molecule has 6 nitrogen and oxygen atoms in total. The third-order valence-corrected chi connectivity index (χ3v) is 5.15. The lowest BCUT2D eigenvalue weighted by Gasteiger charge is -2.53. The van der Waals surface area contributed by atoms with Crippen LogP contribution in [0.2, 0.25) is 0 Å². The van der Waals surface area contributed by atoms with Crippen molar-refractivity contribution in [3.05, 3.63) is 12.4 Å². The number of nitrogens with zero attached hydrogens (tertiary/aromatic N) is 4. The molecular weight excluding hydrogens is 268 g/mol. The summed E-state index contributed by atoms with van der Waals surface area (Å²) in [5.41, 5.74) is 0.0406. The number of anilines is 1. The maximum atomic E-state index is 9.95. The van der Waals surface area contributed by atoms with Gasteiger partial charge in [0.15, 0.2) is 5.82 Å². The minimum atomic E-state index is 0.0406. The molecular formula is C15H24N4O2. The molecule has 0 unspecified atom stereocenters. The summed E-state index contributed by atoms with van der Waals surface area (Å²) in [5.74, 6) is 1.39. The molecule has 1 N–H and O–H groups in total. The number of aromatic nitrogens is 2. The molecule has 2 fully saturated rings. The van der Waals surface area contributed by atoms with Crippen LogP contribution in [0.1, 0.15) is 19.3 Å². The molecule has 2 saturated heterocycles. The van der Waals surface area contributed by atoms with Crippen molar-refractivity contribution < 1.29 is 9.84 Å². The van der Waals surface area contributed by atoms with Crippen LogP contribution in [0.15, 0.2) is 12.4 Å². The Morgan fingerprint density at radius 3 is 2.90 bits per heavy atom. The van der Waals surface area contributed by atoms with Crippen molar-refractivity contribution >= 4 is 5.82 Å². The fourth-order valence-corrected chi connectivity index (χ4v) is 3.89. The highest BCUT2D eigenvalue weighted by Gasteiger charge is 2.47. The van der Waals surface area contributed by atoms with E-state index in [-0.39, 0.29) is 12.0 Å². The lowest BCUT2D eigenvalue weighted by molar-refractivity contribution is -0.0278. The molecule has 3 heterocycles. The van der Waals surface area contributed by atoms with E-state index in [4.69, 9.17) is 4.74 Å². The molecule has 116 valence electrons. The average Bonchev–Trinajstić information content (AvgIpc) is 2.55. The Kier molecular flexibility index (Phi) is 3.99. The van der Waals surface area contributed by atoms with Gasteiger partial charge in [-0.25, -0.2) is 9.97 Å². The summed E-state index contributed by atoms with van der Waals surface area (Å²) in [6.45, 7) is 3.12. The summed E-state index contributed by atoms with van der Waals surface area (Å²) in [5, 5.41) is 9.95. The summed E-state index contributed by atoms with van der Waals surface area (Å²) in [4.78, 5) is 13.3. The molecule has 0 saturated carbocycles. The normalized spacial score (nSPS) is 30.0. The average molecular weight is 292 g/mol. The van der Waals surface area contributed by atoms with Crippen molar-refractivity contribution in [3.63, 3.8) is 0 Å². The molecule has 2 atom stereocenters. The second-order valence-electron chi connectivity index (χ2n) is 6.21. The third-order valence-electron chi connectivity index (χ3n) is 5.15. The van der Waals surface area contributed by atoms with Crippen molar-refractivity contribution in [2.45, 2.75) is 25.3 Å². The second kappa shape index (κ2) is 5.77. The van der Waals surface area contributed by atoms with Gasteiger partial charge in [-0.2, -0.15) is 0 Å². The van der Waals surface area contributed by atoms with Gasteiger partial charge in [-0.05, 0) is 32.9 Å². The van der Waals surface area contributed by atoms with Gasteiger partial charge in [0.2, 0.25) is 0 Å². The largest absolute Gasteiger partial charge is 0.478 e. The second-order valence-corrected chi connectivity index (χ2v) is 6.21. The van der Waals surface area contributed by atoms with Crippen molar-refractivity contribution in [1.82, 2.24) is 14.9 Å². The highest BCUT2D eigenvalue weighted by molar-refractivity contribution is 5.48. The number of methoxy groups -OCH3 is 1. The quantitative estimate of drug-likeness (QED) is 0.888. The molecule has 1 aromatic rings. The summed E-state index contributed by atoms with van der Waals surface area (Å²) >= 11 is 0. The first kappa shape index (κ1) is 14.5. The molecule has 3 rings (SSSR count). The van der Waals surface area contributed by atoms with Crippen LogP contribution in [0.4, 0.5) is 5.82 Å². The maximum absolute atomic E-state index is 9.95. The zero-order valence-electron chi connectivity index (χ0n) is 12.8. The standard InChI is InChI=1S/C15H24N4O2/c1-18-8-3-4-15(11-20)5-9-19(10-12(15)18)13-14(21-2)17-7-6-16-13/h6-7,12,20H,3-5,8-11H2,1-2H3/t12-,15-/m1/s1. The Labute approximate surface area is 125 Å². The van der Waals surface area contributed by atoms with Crippen molar-refractivity contribution in [3.8, 4) is 5.88 Å². The van der Waals surface area contributed by atoms with Crippen molar-refractivity contribution in [2.75, 3.05) is 45.3 Å². The summed E-state index contributed by atoms with van der Waals surface area (Å²) < 4.78 is 5.33. The monoisotopic (exact) mass is 292 g/mol. The first-order valence-electron chi connectivity index (χ1n) is 7.61. The first-order valence-corrected chi connectivity index (χ1v) is 7.61. The van der Waals surface area contributed by atoms with E-state index in [9.17, 15) is 5.11 Å². The number of rotatable bonds is 3. The van der Waals surface area contributed by atoms with Gasteiger partial charge in [-0.15, -0.1) is 0 Å². The number of fused-ring (bicyclic) bond motifs is 1. The van der Waals surface area contributed by atoms with Gasteiger partial charge in [0.25, 0.3) is 5.88 Å². The fraction of sp³-hybridized carbons (Fsp3) is 0.733. The maximum Gasteiger partial charge on any atom is 0.257 e. The zero-order valence-corrected chi connectivity index (χ0v) is 12.8. The van der Waals surface area contributed by atoms with E-state index >= 15 is 0 Å². The summed E-state index contributed by atoms with van der Waals surface area (Å²) in [7, 11) is 3.79. The lowest BCUT2D eigenvalue weighted by Crippen LogP contribution is -2.61. The van der Waals surface area contributed by atoms with Gasteiger partial charge < -0.3 is 19.6 Å². The van der Waals surface area contributed by atoms with Gasteiger partial charge in [0.05, 0.1) is 13.7 Å². The van der Waals surface area contributed by atoms with Gasteiger partial charge in [0.1, 0.15) is 0 Å². The molecule has 2 aliphatic heterocycles. The van der Waals surface area contributed by atoms with Gasteiger partial charge in [-0.3, -0.25) is 0 Å². The highest BCUT2D eigenvalue weighted by atomic mass is 16.5. The number of hydrogen-bond acceptors (Lipinski definition) is 6. The van der Waals surface area contributed by atoms with E-state index in [1.165, 1.54) is 6.42 Å². The van der Waals surface area contributed by atoms with E-state index < -0.39 is 0 Å². The van der Waals surface area contributed by atoms with Crippen molar-refractivity contribution in [2.24, 2.45) is 5.41 Å². The first-order chi connectivity index (χ1) is 10.2. The number of aliphatic hydroxyl groups is 1. The highest BCUT2D eigenvalue weighted by Crippen LogP contribution is 2.42. The van der Waals surface area contributed by atoms with Gasteiger partial charge in [0, 0.05) is 36.9 Å². The molecule has 0 aromatic carbocycles. The Hall–Kier alpha value is -1.40. The molecule has 1 aromatic heterocycles. The topological polar surface area (TPSA) is 61.7 Å². The minimum Gasteiger partial charge on any atom is -0.478 e. The minimum absolute atomic E-state index is 0.0406. The van der Waals surface area contributed by atoms with Crippen LogP contribution in [0, 0.1) is 5.41 Å². The van der Waals surface area contributed by atoms with E-state index in [1.807, 2.05) is 0 Å². The van der Waals surface area contributed by atoms with Crippen LogP contribution in [-0.4, -0.2) is 66.4 Å². The van der Waals surface area contributed by atoms with Crippen LogP contribution in [-0.2, 0) is 0 Å². The Morgan fingerprint density at radius 2 is 2.14 bits per heavy atom. The van der Waals surface area contributed by atoms with Crippen LogP contribution >= 0.6 is 0 Å². The molecule has 21 heavy (non-hydrogen) atoms. The molecule has 0 spiro atoms. The lowest BCUT2D eigenvalue weighted by atomic mass is 9.69. The van der Waals surface area contributed by atoms with Gasteiger partial charge in [-0.1, -0.05) is 0 Å². The molecule has 0 radical (unpaired) electrons. The van der Waals surface area contributed by atoms with E-state index in [2.05, 4.69) is 26.8 Å².